The van der Waals surface area contributed by atoms with Gasteiger partial charge in [-0.05, 0) is 36.8 Å². The van der Waals surface area contributed by atoms with Crippen molar-refractivity contribution in [3.8, 4) is 0 Å². The highest BCUT2D eigenvalue weighted by molar-refractivity contribution is 5.76. The van der Waals surface area contributed by atoms with Gasteiger partial charge in [0.05, 0.1) is 11.4 Å². The standard InChI is InChI=1S/C13H15N3/c1-9-4-2-3-5-12(9)16-13-7-6-10(14)8-11(13)15/h2-8,16H,14-15H2,1H3. The monoisotopic (exact) mass is 213 g/mol. The first-order chi connectivity index (χ1) is 7.66. The van der Waals surface area contributed by atoms with Crippen molar-refractivity contribution in [1.29, 1.82) is 0 Å². The predicted octanol–water partition coefficient (Wildman–Crippen LogP) is 2.90. The van der Waals surface area contributed by atoms with Crippen LogP contribution in [0.1, 0.15) is 5.56 Å². The van der Waals surface area contributed by atoms with E-state index in [9.17, 15) is 0 Å². The average Bonchev–Trinajstić information content (AvgIpc) is 2.25. The van der Waals surface area contributed by atoms with E-state index >= 15 is 0 Å². The summed E-state index contributed by atoms with van der Waals surface area (Å²) in [4.78, 5) is 0. The second kappa shape index (κ2) is 4.14. The van der Waals surface area contributed by atoms with Gasteiger partial charge in [0.25, 0.3) is 0 Å². The molecule has 0 amide bonds. The average molecular weight is 213 g/mol. The molecule has 0 spiro atoms. The van der Waals surface area contributed by atoms with E-state index in [1.807, 2.05) is 30.3 Å². The van der Waals surface area contributed by atoms with Crippen LogP contribution in [0.2, 0.25) is 0 Å². The molecule has 0 aliphatic heterocycles. The first-order valence-corrected chi connectivity index (χ1v) is 5.14. The van der Waals surface area contributed by atoms with Crippen molar-refractivity contribution in [2.45, 2.75) is 6.92 Å². The second-order valence-corrected chi connectivity index (χ2v) is 3.79. The van der Waals surface area contributed by atoms with Crippen LogP contribution in [0.25, 0.3) is 0 Å². The number of hydrogen-bond donors (Lipinski definition) is 3. The van der Waals surface area contributed by atoms with E-state index in [1.54, 1.807) is 6.07 Å². The molecule has 2 aromatic rings. The van der Waals surface area contributed by atoms with Crippen LogP contribution < -0.4 is 16.8 Å². The number of rotatable bonds is 2. The molecule has 0 aliphatic rings. The fraction of sp³-hybridized carbons (Fsp3) is 0.0769. The van der Waals surface area contributed by atoms with Crippen LogP contribution in [0.3, 0.4) is 0 Å². The second-order valence-electron chi connectivity index (χ2n) is 3.79. The first kappa shape index (κ1) is 10.4. The minimum atomic E-state index is 0.656. The van der Waals surface area contributed by atoms with Crippen LogP contribution in [0.4, 0.5) is 22.7 Å². The summed E-state index contributed by atoms with van der Waals surface area (Å²) in [5.41, 5.74) is 16.0. The zero-order valence-electron chi connectivity index (χ0n) is 9.20. The number of anilines is 4. The Morgan fingerprint density at radius 3 is 2.38 bits per heavy atom. The van der Waals surface area contributed by atoms with Gasteiger partial charge in [-0.3, -0.25) is 0 Å². The molecule has 0 bridgehead atoms. The fourth-order valence-corrected chi connectivity index (χ4v) is 1.55. The highest BCUT2D eigenvalue weighted by atomic mass is 14.9. The molecule has 2 rings (SSSR count). The van der Waals surface area contributed by atoms with E-state index in [0.29, 0.717) is 11.4 Å². The Kier molecular flexibility index (Phi) is 2.68. The molecule has 5 N–H and O–H groups in total. The lowest BCUT2D eigenvalue weighted by Gasteiger charge is -2.11. The molecule has 16 heavy (non-hydrogen) atoms. The molecule has 0 aliphatic carbocycles. The number of nitrogens with two attached hydrogens (primary N) is 2. The van der Waals surface area contributed by atoms with Gasteiger partial charge in [-0.1, -0.05) is 18.2 Å². The smallest absolute Gasteiger partial charge is 0.0619 e. The quantitative estimate of drug-likeness (QED) is 0.672. The van der Waals surface area contributed by atoms with E-state index in [4.69, 9.17) is 11.5 Å². The largest absolute Gasteiger partial charge is 0.399 e. The van der Waals surface area contributed by atoms with Gasteiger partial charge in [-0.15, -0.1) is 0 Å². The Morgan fingerprint density at radius 2 is 1.69 bits per heavy atom. The molecule has 3 nitrogen and oxygen atoms in total. The molecule has 0 unspecified atom stereocenters. The Morgan fingerprint density at radius 1 is 0.938 bits per heavy atom. The maximum Gasteiger partial charge on any atom is 0.0619 e. The third-order valence-corrected chi connectivity index (χ3v) is 2.49. The fourth-order valence-electron chi connectivity index (χ4n) is 1.55. The van der Waals surface area contributed by atoms with Crippen LogP contribution >= 0.6 is 0 Å². The highest BCUT2D eigenvalue weighted by Crippen LogP contribution is 2.26. The third kappa shape index (κ3) is 2.08. The Hall–Kier alpha value is -2.16. The molecular formula is C13H15N3. The third-order valence-electron chi connectivity index (χ3n) is 2.49. The molecule has 0 fully saturated rings. The zero-order chi connectivity index (χ0) is 11.5. The molecule has 0 atom stereocenters. The number of benzene rings is 2. The van der Waals surface area contributed by atoms with Crippen molar-refractivity contribution in [2.24, 2.45) is 0 Å². The van der Waals surface area contributed by atoms with Crippen molar-refractivity contribution in [2.75, 3.05) is 16.8 Å². The van der Waals surface area contributed by atoms with E-state index in [2.05, 4.69) is 18.3 Å². The van der Waals surface area contributed by atoms with Gasteiger partial charge in [0.15, 0.2) is 0 Å². The number of nitrogen functional groups attached to an aromatic ring is 2. The molecule has 0 heterocycles. The zero-order valence-corrected chi connectivity index (χ0v) is 9.20. The van der Waals surface area contributed by atoms with Gasteiger partial charge in [0, 0.05) is 11.4 Å². The van der Waals surface area contributed by atoms with E-state index in [-0.39, 0.29) is 0 Å². The maximum absolute atomic E-state index is 5.88. The number of nitrogens with one attached hydrogen (secondary N) is 1. The van der Waals surface area contributed by atoms with Crippen molar-refractivity contribution in [1.82, 2.24) is 0 Å². The Labute approximate surface area is 95.1 Å². The molecule has 82 valence electrons. The van der Waals surface area contributed by atoms with E-state index < -0.39 is 0 Å². The first-order valence-electron chi connectivity index (χ1n) is 5.14. The maximum atomic E-state index is 5.88. The Balaban J connectivity index is 2.31. The minimum absolute atomic E-state index is 0.656. The summed E-state index contributed by atoms with van der Waals surface area (Å²) in [6, 6.07) is 13.5. The van der Waals surface area contributed by atoms with Crippen LogP contribution in [0.15, 0.2) is 42.5 Å². The van der Waals surface area contributed by atoms with Crippen LogP contribution in [0.5, 0.6) is 0 Å². The van der Waals surface area contributed by atoms with Crippen LogP contribution in [0, 0.1) is 6.92 Å². The topological polar surface area (TPSA) is 64.1 Å². The molecule has 0 radical (unpaired) electrons. The van der Waals surface area contributed by atoms with Crippen molar-refractivity contribution >= 4 is 22.7 Å². The molecule has 3 heteroatoms. The SMILES string of the molecule is Cc1ccccc1Nc1ccc(N)cc1N. The molecule has 0 saturated heterocycles. The molecular weight excluding hydrogens is 198 g/mol. The number of aryl methyl sites for hydroxylation is 1. The predicted molar refractivity (Wildman–Crippen MR) is 69.7 cm³/mol. The van der Waals surface area contributed by atoms with Crippen molar-refractivity contribution in [3.63, 3.8) is 0 Å². The summed E-state index contributed by atoms with van der Waals surface area (Å²) in [5.74, 6) is 0. The van der Waals surface area contributed by atoms with E-state index in [0.717, 1.165) is 11.4 Å². The van der Waals surface area contributed by atoms with Crippen molar-refractivity contribution in [3.05, 3.63) is 48.0 Å². The van der Waals surface area contributed by atoms with Gasteiger partial charge in [-0.2, -0.15) is 0 Å². The van der Waals surface area contributed by atoms with Gasteiger partial charge >= 0.3 is 0 Å². The van der Waals surface area contributed by atoms with Crippen LogP contribution in [-0.4, -0.2) is 0 Å². The summed E-state index contributed by atoms with van der Waals surface area (Å²) < 4.78 is 0. The lowest BCUT2D eigenvalue weighted by atomic mass is 10.2. The molecule has 0 saturated carbocycles. The van der Waals surface area contributed by atoms with Gasteiger partial charge < -0.3 is 16.8 Å². The van der Waals surface area contributed by atoms with Gasteiger partial charge in [0.2, 0.25) is 0 Å². The van der Waals surface area contributed by atoms with Crippen LogP contribution in [-0.2, 0) is 0 Å². The lowest BCUT2D eigenvalue weighted by molar-refractivity contribution is 1.43. The van der Waals surface area contributed by atoms with Gasteiger partial charge in [0.1, 0.15) is 0 Å². The summed E-state index contributed by atoms with van der Waals surface area (Å²) in [6.07, 6.45) is 0. The highest BCUT2D eigenvalue weighted by Gasteiger charge is 2.01. The summed E-state index contributed by atoms with van der Waals surface area (Å²) in [7, 11) is 0. The van der Waals surface area contributed by atoms with Gasteiger partial charge in [-0.25, -0.2) is 0 Å². The number of hydrogen-bond acceptors (Lipinski definition) is 3. The normalized spacial score (nSPS) is 10.1. The molecule has 2 aromatic carbocycles. The summed E-state index contributed by atoms with van der Waals surface area (Å²) in [5, 5.41) is 3.29. The van der Waals surface area contributed by atoms with E-state index in [1.165, 1.54) is 5.56 Å². The summed E-state index contributed by atoms with van der Waals surface area (Å²) in [6.45, 7) is 2.05. The number of para-hydroxylation sites is 1. The Bertz CT molecular complexity index is 506. The lowest BCUT2D eigenvalue weighted by Crippen LogP contribution is -1.98. The van der Waals surface area contributed by atoms with Crippen molar-refractivity contribution < 1.29 is 0 Å². The summed E-state index contributed by atoms with van der Waals surface area (Å²) >= 11 is 0. The molecule has 0 aromatic heterocycles. The minimum Gasteiger partial charge on any atom is -0.399 e.